The summed E-state index contributed by atoms with van der Waals surface area (Å²) in [7, 11) is -1.70. The largest absolute Gasteiger partial charge is 0.319 e. The van der Waals surface area contributed by atoms with Crippen LogP contribution in [0.2, 0.25) is 0 Å². The molecule has 0 spiro atoms. The molecular formula is C14H20N4O2S. The van der Waals surface area contributed by atoms with Crippen LogP contribution in [-0.4, -0.2) is 32.2 Å². The van der Waals surface area contributed by atoms with Crippen LogP contribution in [0.5, 0.6) is 0 Å². The summed E-state index contributed by atoms with van der Waals surface area (Å²) < 4.78 is 27.3. The molecule has 7 heteroatoms. The first-order valence-electron chi connectivity index (χ1n) is 6.72. The maximum absolute atomic E-state index is 12.4. The van der Waals surface area contributed by atoms with E-state index in [1.807, 2.05) is 19.2 Å². The van der Waals surface area contributed by atoms with Crippen molar-refractivity contribution in [2.45, 2.75) is 25.2 Å². The third-order valence-electron chi connectivity index (χ3n) is 3.26. The van der Waals surface area contributed by atoms with Gasteiger partial charge < -0.3 is 5.32 Å². The highest BCUT2D eigenvalue weighted by molar-refractivity contribution is 7.92. The zero-order chi connectivity index (χ0) is 15.5. The number of rotatable bonds is 6. The summed E-state index contributed by atoms with van der Waals surface area (Å²) >= 11 is 0. The van der Waals surface area contributed by atoms with Gasteiger partial charge >= 0.3 is 0 Å². The highest BCUT2D eigenvalue weighted by Gasteiger charge is 2.17. The van der Waals surface area contributed by atoms with Crippen LogP contribution < -0.4 is 10.0 Å². The molecule has 3 N–H and O–H groups in total. The van der Waals surface area contributed by atoms with Gasteiger partial charge in [0.25, 0.3) is 10.0 Å². The number of aromatic nitrogens is 2. The number of benzene rings is 1. The number of hydrogen-bond acceptors (Lipinski definition) is 4. The van der Waals surface area contributed by atoms with E-state index in [4.69, 9.17) is 0 Å². The lowest BCUT2D eigenvalue weighted by molar-refractivity contribution is 0.601. The Balaban J connectivity index is 2.20. The Morgan fingerprint density at radius 3 is 2.38 bits per heavy atom. The number of anilines is 1. The summed E-state index contributed by atoms with van der Waals surface area (Å²) in [4.78, 5) is 0.246. The number of likely N-dealkylation sites (N-methyl/N-ethyl adjacent to an activating group) is 1. The van der Waals surface area contributed by atoms with Crippen molar-refractivity contribution < 1.29 is 8.42 Å². The first-order valence-corrected chi connectivity index (χ1v) is 8.20. The van der Waals surface area contributed by atoms with E-state index in [0.717, 1.165) is 18.5 Å². The van der Waals surface area contributed by atoms with E-state index >= 15 is 0 Å². The van der Waals surface area contributed by atoms with Gasteiger partial charge in [-0.05, 0) is 51.6 Å². The smallest absolute Gasteiger partial charge is 0.262 e. The molecule has 6 nitrogen and oxygen atoms in total. The Hall–Kier alpha value is -1.86. The second-order valence-electron chi connectivity index (χ2n) is 4.91. The van der Waals surface area contributed by atoms with Gasteiger partial charge in [-0.3, -0.25) is 9.82 Å². The second-order valence-corrected chi connectivity index (χ2v) is 6.59. The number of nitrogens with zero attached hydrogens (tertiary/aromatic N) is 1. The highest BCUT2D eigenvalue weighted by atomic mass is 32.2. The Morgan fingerprint density at radius 2 is 1.86 bits per heavy atom. The van der Waals surface area contributed by atoms with Crippen molar-refractivity contribution in [3.8, 4) is 0 Å². The van der Waals surface area contributed by atoms with Crippen molar-refractivity contribution in [1.82, 2.24) is 15.5 Å². The topological polar surface area (TPSA) is 86.9 Å². The minimum Gasteiger partial charge on any atom is -0.319 e. The summed E-state index contributed by atoms with van der Waals surface area (Å²) in [6.45, 7) is 4.39. The van der Waals surface area contributed by atoms with E-state index in [2.05, 4.69) is 20.2 Å². The first-order chi connectivity index (χ1) is 9.94. The van der Waals surface area contributed by atoms with Crippen LogP contribution in [0.4, 0.5) is 5.69 Å². The summed E-state index contributed by atoms with van der Waals surface area (Å²) in [5.74, 6) is 0. The van der Waals surface area contributed by atoms with Gasteiger partial charge in [0.15, 0.2) is 0 Å². The minimum atomic E-state index is -3.59. The van der Waals surface area contributed by atoms with Crippen LogP contribution in [0.25, 0.3) is 0 Å². The Kier molecular flexibility index (Phi) is 4.64. The molecule has 1 heterocycles. The predicted molar refractivity (Wildman–Crippen MR) is 82.9 cm³/mol. The minimum absolute atomic E-state index is 0.246. The zero-order valence-corrected chi connectivity index (χ0v) is 13.2. The van der Waals surface area contributed by atoms with Crippen molar-refractivity contribution in [2.24, 2.45) is 0 Å². The molecule has 1 aromatic heterocycles. The normalized spacial score (nSPS) is 11.6. The van der Waals surface area contributed by atoms with Crippen molar-refractivity contribution in [3.63, 3.8) is 0 Å². The maximum Gasteiger partial charge on any atom is 0.262 e. The molecule has 0 aliphatic carbocycles. The zero-order valence-electron chi connectivity index (χ0n) is 12.4. The van der Waals surface area contributed by atoms with E-state index in [9.17, 15) is 8.42 Å². The lowest BCUT2D eigenvalue weighted by atomic mass is 10.1. The monoisotopic (exact) mass is 308 g/mol. The molecule has 0 amide bonds. The summed E-state index contributed by atoms with van der Waals surface area (Å²) in [6.07, 6.45) is 0.865. The summed E-state index contributed by atoms with van der Waals surface area (Å²) in [6, 6.07) is 6.91. The van der Waals surface area contributed by atoms with Gasteiger partial charge in [-0.1, -0.05) is 12.1 Å². The molecule has 1 aromatic carbocycles. The van der Waals surface area contributed by atoms with Gasteiger partial charge in [-0.25, -0.2) is 8.42 Å². The second kappa shape index (κ2) is 6.28. The molecule has 0 fully saturated rings. The predicted octanol–water partition coefficient (Wildman–Crippen LogP) is 1.59. The van der Waals surface area contributed by atoms with Gasteiger partial charge in [0.1, 0.15) is 0 Å². The van der Waals surface area contributed by atoms with Gasteiger partial charge in [0.2, 0.25) is 0 Å². The molecule has 0 saturated carbocycles. The maximum atomic E-state index is 12.4. The molecule has 2 aromatic rings. The SMILES string of the molecule is CNCCc1ccc(S(=O)(=O)Nc2c(C)n[nH]c2C)cc1. The van der Waals surface area contributed by atoms with Crippen molar-refractivity contribution in [2.75, 3.05) is 18.3 Å². The summed E-state index contributed by atoms with van der Waals surface area (Å²) in [5, 5.41) is 9.80. The lowest BCUT2D eigenvalue weighted by Crippen LogP contribution is -2.14. The van der Waals surface area contributed by atoms with Gasteiger partial charge in [0.05, 0.1) is 22.0 Å². The van der Waals surface area contributed by atoms with Crippen LogP contribution in [0.3, 0.4) is 0 Å². The molecule has 0 aliphatic rings. The highest BCUT2D eigenvalue weighted by Crippen LogP contribution is 2.21. The number of aromatic amines is 1. The molecule has 0 atom stereocenters. The van der Waals surface area contributed by atoms with Crippen molar-refractivity contribution >= 4 is 15.7 Å². The Bertz CT molecular complexity index is 686. The van der Waals surface area contributed by atoms with Crippen LogP contribution in [-0.2, 0) is 16.4 Å². The number of H-pyrrole nitrogens is 1. The Labute approximate surface area is 125 Å². The van der Waals surface area contributed by atoms with E-state index in [0.29, 0.717) is 17.1 Å². The third-order valence-corrected chi connectivity index (χ3v) is 4.63. The molecule has 114 valence electrons. The molecule has 0 bridgehead atoms. The van der Waals surface area contributed by atoms with Crippen LogP contribution in [0.15, 0.2) is 29.2 Å². The standard InChI is InChI=1S/C14H20N4O2S/c1-10-14(11(2)17-16-10)18-21(19,20)13-6-4-12(5-7-13)8-9-15-3/h4-7,15,18H,8-9H2,1-3H3,(H,16,17). The molecule has 0 aliphatic heterocycles. The quantitative estimate of drug-likeness (QED) is 0.756. The van der Waals surface area contributed by atoms with Crippen LogP contribution >= 0.6 is 0 Å². The Morgan fingerprint density at radius 1 is 1.19 bits per heavy atom. The van der Waals surface area contributed by atoms with Crippen LogP contribution in [0.1, 0.15) is 17.0 Å². The van der Waals surface area contributed by atoms with Gasteiger partial charge in [-0.15, -0.1) is 0 Å². The molecule has 0 unspecified atom stereocenters. The average Bonchev–Trinajstić information content (AvgIpc) is 2.77. The van der Waals surface area contributed by atoms with E-state index < -0.39 is 10.0 Å². The number of sulfonamides is 1. The van der Waals surface area contributed by atoms with Gasteiger partial charge in [-0.2, -0.15) is 5.10 Å². The number of aryl methyl sites for hydroxylation is 2. The third kappa shape index (κ3) is 3.62. The summed E-state index contributed by atoms with van der Waals surface area (Å²) in [5.41, 5.74) is 2.93. The van der Waals surface area contributed by atoms with Crippen molar-refractivity contribution in [3.05, 3.63) is 41.2 Å². The fourth-order valence-electron chi connectivity index (χ4n) is 2.00. The van der Waals surface area contributed by atoms with E-state index in [1.54, 1.807) is 26.0 Å². The molecule has 0 saturated heterocycles. The molecular weight excluding hydrogens is 288 g/mol. The van der Waals surface area contributed by atoms with Crippen LogP contribution in [0, 0.1) is 13.8 Å². The number of nitrogens with one attached hydrogen (secondary N) is 3. The van der Waals surface area contributed by atoms with Crippen molar-refractivity contribution in [1.29, 1.82) is 0 Å². The molecule has 2 rings (SSSR count). The average molecular weight is 308 g/mol. The molecule has 21 heavy (non-hydrogen) atoms. The molecule has 0 radical (unpaired) electrons. The van der Waals surface area contributed by atoms with Gasteiger partial charge in [0, 0.05) is 0 Å². The first kappa shape index (κ1) is 15.5. The lowest BCUT2D eigenvalue weighted by Gasteiger charge is -2.09. The van der Waals surface area contributed by atoms with E-state index in [1.165, 1.54) is 0 Å². The van der Waals surface area contributed by atoms with E-state index in [-0.39, 0.29) is 4.90 Å². The fourth-order valence-corrected chi connectivity index (χ4v) is 3.18. The number of hydrogen-bond donors (Lipinski definition) is 3. The fraction of sp³-hybridized carbons (Fsp3) is 0.357.